The number of aryl methyl sites for hydroxylation is 2. The summed E-state index contributed by atoms with van der Waals surface area (Å²) < 4.78 is 0. The number of benzene rings is 2. The van der Waals surface area contributed by atoms with Gasteiger partial charge in [-0.25, -0.2) is 4.98 Å². The molecule has 3 aromatic heterocycles. The summed E-state index contributed by atoms with van der Waals surface area (Å²) in [6, 6.07) is 19.2. The highest BCUT2D eigenvalue weighted by molar-refractivity contribution is 6.31. The smallest absolute Gasteiger partial charge is 0.204 e. The summed E-state index contributed by atoms with van der Waals surface area (Å²) in [5.74, 6) is 1.34. The first-order valence-electron chi connectivity index (χ1n) is 9.96. The third kappa shape index (κ3) is 4.26. The van der Waals surface area contributed by atoms with Crippen LogP contribution in [0.3, 0.4) is 0 Å². The Kier molecular flexibility index (Phi) is 5.66. The van der Waals surface area contributed by atoms with Gasteiger partial charge in [-0.3, -0.25) is 4.98 Å². The lowest BCUT2D eigenvalue weighted by Gasteiger charge is -2.04. The Morgan fingerprint density at radius 2 is 1.72 bits per heavy atom. The van der Waals surface area contributed by atoms with E-state index in [1.165, 1.54) is 0 Å². The van der Waals surface area contributed by atoms with Gasteiger partial charge in [-0.2, -0.15) is 5.21 Å². The zero-order valence-corrected chi connectivity index (χ0v) is 18.3. The van der Waals surface area contributed by atoms with E-state index in [0.29, 0.717) is 17.3 Å². The van der Waals surface area contributed by atoms with Crippen LogP contribution in [0.4, 0.5) is 0 Å². The predicted octanol–water partition coefficient (Wildman–Crippen LogP) is 5.41. The normalized spacial score (nSPS) is 11.1. The van der Waals surface area contributed by atoms with Crippen LogP contribution >= 0.6 is 23.2 Å². The monoisotopic (exact) mass is 461 g/mol. The third-order valence-corrected chi connectivity index (χ3v) is 5.70. The van der Waals surface area contributed by atoms with Crippen molar-refractivity contribution in [2.24, 2.45) is 0 Å². The molecule has 0 radical (unpaired) electrons. The Bertz CT molecular complexity index is 1350. The molecule has 2 N–H and O–H groups in total. The number of nitrogens with one attached hydrogen (secondary N) is 2. The fraction of sp³-hybridized carbons (Fsp3) is 0.0870. The lowest BCUT2D eigenvalue weighted by atomic mass is 10.1. The summed E-state index contributed by atoms with van der Waals surface area (Å²) >= 11 is 12.4. The highest BCUT2D eigenvalue weighted by Crippen LogP contribution is 2.31. The molecule has 3 heterocycles. The van der Waals surface area contributed by atoms with E-state index in [0.717, 1.165) is 51.0 Å². The number of hydrogen-bond acceptors (Lipinski definition) is 5. The fourth-order valence-electron chi connectivity index (χ4n) is 3.49. The van der Waals surface area contributed by atoms with Crippen LogP contribution in [0.2, 0.25) is 10.0 Å². The second kappa shape index (κ2) is 8.90. The zero-order chi connectivity index (χ0) is 21.9. The first kappa shape index (κ1) is 20.4. The standard InChI is InChI=1S/C23H17Cl2N7/c24-17-8-5-15(6-9-17)21-22(19-13-16(11-12-26-19)23-29-31-32-30-23)28-20(27-21)10-7-14-3-1-2-4-18(14)25/h1-6,8-9,11-13H,7,10H2,(H,27,28)(H,29,30,31,32). The molecule has 0 saturated carbocycles. The van der Waals surface area contributed by atoms with E-state index in [1.54, 1.807) is 6.20 Å². The van der Waals surface area contributed by atoms with Crippen molar-refractivity contribution in [2.45, 2.75) is 12.8 Å². The van der Waals surface area contributed by atoms with Crippen LogP contribution in [-0.4, -0.2) is 35.6 Å². The number of tetrazole rings is 1. The second-order valence-corrected chi connectivity index (χ2v) is 8.01. The van der Waals surface area contributed by atoms with Crippen LogP contribution in [0.5, 0.6) is 0 Å². The summed E-state index contributed by atoms with van der Waals surface area (Å²) in [6.45, 7) is 0. The molecule has 158 valence electrons. The van der Waals surface area contributed by atoms with Gasteiger partial charge in [-0.05, 0) is 47.5 Å². The van der Waals surface area contributed by atoms with Crippen molar-refractivity contribution in [3.63, 3.8) is 0 Å². The minimum absolute atomic E-state index is 0.500. The molecule has 0 amide bonds. The zero-order valence-electron chi connectivity index (χ0n) is 16.8. The Labute approximate surface area is 193 Å². The summed E-state index contributed by atoms with van der Waals surface area (Å²) in [5, 5.41) is 15.7. The average molecular weight is 462 g/mol. The molecule has 0 bridgehead atoms. The molecule has 5 rings (SSSR count). The quantitative estimate of drug-likeness (QED) is 0.352. The van der Waals surface area contributed by atoms with Gasteiger partial charge in [-0.1, -0.05) is 53.5 Å². The molecule has 7 nitrogen and oxygen atoms in total. The predicted molar refractivity (Wildman–Crippen MR) is 124 cm³/mol. The van der Waals surface area contributed by atoms with Crippen LogP contribution in [0.25, 0.3) is 34.0 Å². The van der Waals surface area contributed by atoms with Crippen molar-refractivity contribution < 1.29 is 0 Å². The number of H-pyrrole nitrogens is 2. The summed E-state index contributed by atoms with van der Waals surface area (Å²) in [7, 11) is 0. The molecule has 0 unspecified atom stereocenters. The third-order valence-electron chi connectivity index (χ3n) is 5.08. The van der Waals surface area contributed by atoms with Gasteiger partial charge in [-0.15, -0.1) is 10.2 Å². The average Bonchev–Trinajstić information content (AvgIpc) is 3.50. The molecule has 2 aromatic carbocycles. The van der Waals surface area contributed by atoms with Gasteiger partial charge in [0.2, 0.25) is 5.82 Å². The minimum Gasteiger partial charge on any atom is -0.340 e. The molecule has 0 fully saturated rings. The molecule has 9 heteroatoms. The van der Waals surface area contributed by atoms with Crippen molar-refractivity contribution in [1.29, 1.82) is 0 Å². The molecule has 0 aliphatic rings. The molecule has 0 spiro atoms. The number of imidazole rings is 1. The van der Waals surface area contributed by atoms with E-state index in [9.17, 15) is 0 Å². The minimum atomic E-state index is 0.500. The number of pyridine rings is 1. The topological polar surface area (TPSA) is 96.0 Å². The highest BCUT2D eigenvalue weighted by atomic mass is 35.5. The van der Waals surface area contributed by atoms with E-state index in [2.05, 4.69) is 30.6 Å². The first-order valence-corrected chi connectivity index (χ1v) is 10.7. The maximum atomic E-state index is 6.33. The SMILES string of the molecule is Clc1ccc(-c2nc(CCc3ccccc3Cl)[nH]c2-c2cc(-c3nn[nH]n3)ccn2)cc1. The van der Waals surface area contributed by atoms with E-state index in [1.807, 2.05) is 60.7 Å². The van der Waals surface area contributed by atoms with Crippen LogP contribution in [0.1, 0.15) is 11.4 Å². The lowest BCUT2D eigenvalue weighted by Crippen LogP contribution is -1.94. The van der Waals surface area contributed by atoms with Crippen molar-refractivity contribution in [3.8, 4) is 34.0 Å². The number of aromatic nitrogens is 7. The summed E-state index contributed by atoms with van der Waals surface area (Å²) in [4.78, 5) is 12.9. The van der Waals surface area contributed by atoms with Gasteiger partial charge in [0.1, 0.15) is 5.82 Å². The van der Waals surface area contributed by atoms with Gasteiger partial charge < -0.3 is 4.98 Å². The van der Waals surface area contributed by atoms with Crippen LogP contribution in [0.15, 0.2) is 66.9 Å². The van der Waals surface area contributed by atoms with Crippen LogP contribution in [-0.2, 0) is 12.8 Å². The number of aromatic amines is 2. The van der Waals surface area contributed by atoms with Crippen molar-refractivity contribution in [1.82, 2.24) is 35.6 Å². The van der Waals surface area contributed by atoms with Crippen LogP contribution < -0.4 is 0 Å². The van der Waals surface area contributed by atoms with Crippen LogP contribution in [0, 0.1) is 0 Å². The maximum Gasteiger partial charge on any atom is 0.204 e. The largest absolute Gasteiger partial charge is 0.340 e. The van der Waals surface area contributed by atoms with Gasteiger partial charge in [0.15, 0.2) is 0 Å². The van der Waals surface area contributed by atoms with Crippen molar-refractivity contribution in [2.75, 3.05) is 0 Å². The van der Waals surface area contributed by atoms with Gasteiger partial charge >= 0.3 is 0 Å². The number of nitrogens with zero attached hydrogens (tertiary/aromatic N) is 5. The van der Waals surface area contributed by atoms with Gasteiger partial charge in [0.25, 0.3) is 0 Å². The first-order chi connectivity index (χ1) is 15.7. The Balaban J connectivity index is 1.54. The molecule has 0 atom stereocenters. The fourth-order valence-corrected chi connectivity index (χ4v) is 3.84. The van der Waals surface area contributed by atoms with E-state index in [4.69, 9.17) is 28.2 Å². The summed E-state index contributed by atoms with van der Waals surface area (Å²) in [6.07, 6.45) is 3.19. The number of halogens is 2. The number of rotatable bonds is 6. The molecule has 0 aliphatic carbocycles. The van der Waals surface area contributed by atoms with Crippen molar-refractivity contribution in [3.05, 3.63) is 88.3 Å². The molecular weight excluding hydrogens is 445 g/mol. The Morgan fingerprint density at radius 1 is 0.875 bits per heavy atom. The Morgan fingerprint density at radius 3 is 2.50 bits per heavy atom. The molecule has 5 aromatic rings. The van der Waals surface area contributed by atoms with E-state index >= 15 is 0 Å². The highest BCUT2D eigenvalue weighted by Gasteiger charge is 2.17. The summed E-state index contributed by atoms with van der Waals surface area (Å²) in [5.41, 5.74) is 5.17. The molecular formula is C23H17Cl2N7. The molecule has 0 aliphatic heterocycles. The van der Waals surface area contributed by atoms with Crippen molar-refractivity contribution >= 4 is 23.2 Å². The van der Waals surface area contributed by atoms with Gasteiger partial charge in [0, 0.05) is 33.8 Å². The Hall–Kier alpha value is -3.55. The maximum absolute atomic E-state index is 6.33. The lowest BCUT2D eigenvalue weighted by molar-refractivity contribution is 0.881. The second-order valence-electron chi connectivity index (χ2n) is 7.17. The molecule has 0 saturated heterocycles. The van der Waals surface area contributed by atoms with E-state index < -0.39 is 0 Å². The molecule has 32 heavy (non-hydrogen) atoms. The van der Waals surface area contributed by atoms with E-state index in [-0.39, 0.29) is 0 Å². The number of hydrogen-bond donors (Lipinski definition) is 2. The van der Waals surface area contributed by atoms with Gasteiger partial charge in [0.05, 0.1) is 17.1 Å².